The van der Waals surface area contributed by atoms with Gasteiger partial charge < -0.3 is 9.64 Å². The Hall–Kier alpha value is -1.91. The average Bonchev–Trinajstić information content (AvgIpc) is 2.69. The standard InChI is InChI=1S/C22H30FNO3/c23-13-6-2-5-12-21(25)18-14-19-10-7-11-20(15-18)24(19)22(26)27-16-17-8-3-1-4-9-17/h1,3-4,8-9,18-20H,2,5-7,10-16H2. The van der Waals surface area contributed by atoms with Crippen molar-refractivity contribution in [3.05, 3.63) is 35.9 Å². The maximum atomic E-state index is 12.7. The summed E-state index contributed by atoms with van der Waals surface area (Å²) in [6.45, 7) is -0.0195. The molecule has 1 aromatic carbocycles. The number of nitrogens with zero attached hydrogens (tertiary/aromatic N) is 1. The monoisotopic (exact) mass is 375 g/mol. The van der Waals surface area contributed by atoms with Crippen LogP contribution in [-0.4, -0.2) is 35.5 Å². The third kappa shape index (κ3) is 5.30. The normalized spacial score (nSPS) is 24.5. The molecule has 0 aromatic heterocycles. The number of ether oxygens (including phenoxy) is 1. The number of unbranched alkanes of at least 4 members (excludes halogenated alkanes) is 2. The van der Waals surface area contributed by atoms with Crippen molar-refractivity contribution in [3.63, 3.8) is 0 Å². The van der Waals surface area contributed by atoms with Crippen LogP contribution in [0.25, 0.3) is 0 Å². The highest BCUT2D eigenvalue weighted by Crippen LogP contribution is 2.38. The first kappa shape index (κ1) is 19.8. The van der Waals surface area contributed by atoms with E-state index in [1.165, 1.54) is 0 Å². The molecule has 2 heterocycles. The van der Waals surface area contributed by atoms with Crippen LogP contribution in [0, 0.1) is 5.92 Å². The topological polar surface area (TPSA) is 46.6 Å². The smallest absolute Gasteiger partial charge is 0.410 e. The third-order valence-corrected chi connectivity index (χ3v) is 5.90. The highest BCUT2D eigenvalue weighted by molar-refractivity contribution is 5.81. The first-order valence-corrected chi connectivity index (χ1v) is 10.3. The fraction of sp³-hybridized carbons (Fsp3) is 0.636. The van der Waals surface area contributed by atoms with Crippen LogP contribution in [0.3, 0.4) is 0 Å². The van der Waals surface area contributed by atoms with Crippen molar-refractivity contribution in [2.75, 3.05) is 6.67 Å². The van der Waals surface area contributed by atoms with Crippen LogP contribution in [0.1, 0.15) is 63.4 Å². The average molecular weight is 375 g/mol. The molecule has 3 rings (SSSR count). The fourth-order valence-corrected chi connectivity index (χ4v) is 4.51. The van der Waals surface area contributed by atoms with E-state index in [1.807, 2.05) is 35.2 Å². The second-order valence-electron chi connectivity index (χ2n) is 7.82. The summed E-state index contributed by atoms with van der Waals surface area (Å²) in [5, 5.41) is 0. The lowest BCUT2D eigenvalue weighted by Crippen LogP contribution is -2.55. The molecule has 2 unspecified atom stereocenters. The van der Waals surface area contributed by atoms with E-state index in [4.69, 9.17) is 4.74 Å². The van der Waals surface area contributed by atoms with Gasteiger partial charge in [0.2, 0.25) is 0 Å². The number of Topliss-reactive ketones (excluding diaryl/α,β-unsaturated/α-hetero) is 1. The molecule has 1 amide bonds. The molecule has 5 heteroatoms. The Morgan fingerprint density at radius 1 is 1.04 bits per heavy atom. The van der Waals surface area contributed by atoms with Crippen LogP contribution in [0.15, 0.2) is 30.3 Å². The molecule has 1 aromatic rings. The van der Waals surface area contributed by atoms with Crippen molar-refractivity contribution in [3.8, 4) is 0 Å². The maximum absolute atomic E-state index is 12.7. The lowest BCUT2D eigenvalue weighted by Gasteiger charge is -2.47. The SMILES string of the molecule is O=C(CCCCCF)C1CC2CCCC(C1)N2C(=O)OCc1ccccc1. The summed E-state index contributed by atoms with van der Waals surface area (Å²) in [7, 11) is 0. The minimum absolute atomic E-state index is 0.0452. The van der Waals surface area contributed by atoms with Crippen molar-refractivity contribution in [1.82, 2.24) is 4.90 Å². The summed E-state index contributed by atoms with van der Waals surface area (Å²) >= 11 is 0. The van der Waals surface area contributed by atoms with Crippen molar-refractivity contribution in [2.24, 2.45) is 5.92 Å². The minimum atomic E-state index is -0.304. The zero-order chi connectivity index (χ0) is 19.1. The highest BCUT2D eigenvalue weighted by Gasteiger charge is 2.43. The van der Waals surface area contributed by atoms with Gasteiger partial charge in [0.15, 0.2) is 0 Å². The molecule has 2 atom stereocenters. The Kier molecular flexibility index (Phi) is 7.25. The van der Waals surface area contributed by atoms with Gasteiger partial charge in [-0.2, -0.15) is 0 Å². The molecule has 0 spiro atoms. The summed E-state index contributed by atoms with van der Waals surface area (Å²) in [4.78, 5) is 27.1. The summed E-state index contributed by atoms with van der Waals surface area (Å²) in [6, 6.07) is 9.92. The van der Waals surface area contributed by atoms with E-state index in [-0.39, 0.29) is 37.4 Å². The van der Waals surface area contributed by atoms with Crippen molar-refractivity contribution < 1.29 is 18.7 Å². The second-order valence-corrected chi connectivity index (χ2v) is 7.82. The van der Waals surface area contributed by atoms with Gasteiger partial charge in [-0.05, 0) is 50.5 Å². The number of carbonyl (C=O) groups is 2. The number of piperidine rings is 2. The molecule has 148 valence electrons. The molecule has 0 saturated carbocycles. The molecule has 27 heavy (non-hydrogen) atoms. The zero-order valence-corrected chi connectivity index (χ0v) is 15.9. The van der Waals surface area contributed by atoms with Gasteiger partial charge in [-0.3, -0.25) is 9.18 Å². The number of halogens is 1. The van der Waals surface area contributed by atoms with E-state index >= 15 is 0 Å². The van der Waals surface area contributed by atoms with Crippen LogP contribution in [0.2, 0.25) is 0 Å². The maximum Gasteiger partial charge on any atom is 0.410 e. The number of amides is 1. The summed E-state index contributed by atoms with van der Waals surface area (Å²) in [5.41, 5.74) is 0.981. The number of rotatable bonds is 8. The van der Waals surface area contributed by atoms with E-state index in [2.05, 4.69) is 0 Å². The molecule has 2 saturated heterocycles. The number of hydrogen-bond donors (Lipinski definition) is 0. The van der Waals surface area contributed by atoms with Crippen LogP contribution in [0.4, 0.5) is 9.18 Å². The van der Waals surface area contributed by atoms with Gasteiger partial charge in [0.05, 0.1) is 6.67 Å². The Labute approximate surface area is 161 Å². The number of fused-ring (bicyclic) bond motifs is 2. The van der Waals surface area contributed by atoms with E-state index in [0.29, 0.717) is 18.6 Å². The molecule has 2 aliphatic heterocycles. The Bertz CT molecular complexity index is 607. The number of carbonyl (C=O) groups excluding carboxylic acids is 2. The van der Waals surface area contributed by atoms with E-state index in [1.54, 1.807) is 0 Å². The number of hydrogen-bond acceptors (Lipinski definition) is 3. The van der Waals surface area contributed by atoms with E-state index in [0.717, 1.165) is 50.5 Å². The van der Waals surface area contributed by atoms with Gasteiger partial charge in [0, 0.05) is 24.4 Å². The van der Waals surface area contributed by atoms with Gasteiger partial charge in [-0.15, -0.1) is 0 Å². The predicted octanol–water partition coefficient (Wildman–Crippen LogP) is 5.06. The lowest BCUT2D eigenvalue weighted by atomic mass is 9.76. The molecular weight excluding hydrogens is 345 g/mol. The number of ketones is 1. The zero-order valence-electron chi connectivity index (χ0n) is 15.9. The first-order valence-electron chi connectivity index (χ1n) is 10.3. The van der Waals surface area contributed by atoms with Crippen LogP contribution in [0.5, 0.6) is 0 Å². The highest BCUT2D eigenvalue weighted by atomic mass is 19.1. The molecule has 0 N–H and O–H groups in total. The lowest BCUT2D eigenvalue weighted by molar-refractivity contribution is -0.126. The van der Waals surface area contributed by atoms with Crippen LogP contribution >= 0.6 is 0 Å². The van der Waals surface area contributed by atoms with Gasteiger partial charge in [0.25, 0.3) is 0 Å². The van der Waals surface area contributed by atoms with Crippen molar-refractivity contribution >= 4 is 11.9 Å². The molecule has 2 bridgehead atoms. The molecule has 0 radical (unpaired) electrons. The van der Waals surface area contributed by atoms with E-state index in [9.17, 15) is 14.0 Å². The third-order valence-electron chi connectivity index (χ3n) is 5.90. The summed E-state index contributed by atoms with van der Waals surface area (Å²) in [5.74, 6) is 0.340. The molecule has 0 aliphatic carbocycles. The van der Waals surface area contributed by atoms with E-state index < -0.39 is 0 Å². The number of benzene rings is 1. The van der Waals surface area contributed by atoms with Gasteiger partial charge >= 0.3 is 6.09 Å². The molecule has 2 aliphatic rings. The van der Waals surface area contributed by atoms with Crippen molar-refractivity contribution in [1.29, 1.82) is 0 Å². The fourth-order valence-electron chi connectivity index (χ4n) is 4.51. The van der Waals surface area contributed by atoms with Crippen molar-refractivity contribution in [2.45, 2.75) is 76.5 Å². The largest absolute Gasteiger partial charge is 0.445 e. The molecule has 2 fully saturated rings. The minimum Gasteiger partial charge on any atom is -0.445 e. The molecular formula is C22H30FNO3. The van der Waals surface area contributed by atoms with Crippen LogP contribution in [-0.2, 0) is 16.1 Å². The second kappa shape index (κ2) is 9.86. The van der Waals surface area contributed by atoms with Gasteiger partial charge in [0.1, 0.15) is 12.4 Å². The predicted molar refractivity (Wildman–Crippen MR) is 102 cm³/mol. The van der Waals surface area contributed by atoms with Gasteiger partial charge in [-0.1, -0.05) is 36.8 Å². The quantitative estimate of drug-likeness (QED) is 0.597. The Morgan fingerprint density at radius 3 is 2.41 bits per heavy atom. The Balaban J connectivity index is 1.53. The molecule has 4 nitrogen and oxygen atoms in total. The number of alkyl halides is 1. The van der Waals surface area contributed by atoms with Crippen LogP contribution < -0.4 is 0 Å². The first-order chi connectivity index (χ1) is 13.2. The summed E-state index contributed by atoms with van der Waals surface area (Å²) < 4.78 is 17.7. The summed E-state index contributed by atoms with van der Waals surface area (Å²) in [6.07, 6.45) is 6.89. The Morgan fingerprint density at radius 2 is 1.74 bits per heavy atom. The van der Waals surface area contributed by atoms with Gasteiger partial charge in [-0.25, -0.2) is 4.79 Å².